The van der Waals surface area contributed by atoms with Gasteiger partial charge in [-0.2, -0.15) is 0 Å². The predicted molar refractivity (Wildman–Crippen MR) is 64.5 cm³/mol. The van der Waals surface area contributed by atoms with Gasteiger partial charge in [-0.25, -0.2) is 0 Å². The second-order valence-electron chi connectivity index (χ2n) is 5.88. The molecule has 2 saturated carbocycles. The summed E-state index contributed by atoms with van der Waals surface area (Å²) in [4.78, 5) is 2.73. The molecule has 1 saturated heterocycles. The highest BCUT2D eigenvalue weighted by molar-refractivity contribution is 4.98. The van der Waals surface area contributed by atoms with Crippen LogP contribution in [-0.4, -0.2) is 49.3 Å². The minimum atomic E-state index is 0.534. The third-order valence-electron chi connectivity index (χ3n) is 4.71. The van der Waals surface area contributed by atoms with E-state index >= 15 is 0 Å². The molecule has 3 fully saturated rings. The summed E-state index contributed by atoms with van der Waals surface area (Å²) in [5.41, 5.74) is 0. The number of nitrogens with one attached hydrogen (secondary N) is 1. The minimum absolute atomic E-state index is 0.534. The summed E-state index contributed by atoms with van der Waals surface area (Å²) in [5.74, 6) is 0.980. The molecule has 0 bridgehead atoms. The number of hydrogen-bond acceptors (Lipinski definition) is 3. The third kappa shape index (κ3) is 2.01. The van der Waals surface area contributed by atoms with Crippen molar-refractivity contribution in [2.45, 2.75) is 56.8 Å². The molecule has 3 rings (SSSR count). The van der Waals surface area contributed by atoms with Gasteiger partial charge in [0, 0.05) is 38.3 Å². The van der Waals surface area contributed by atoms with Crippen molar-refractivity contribution in [2.75, 3.05) is 20.2 Å². The maximum Gasteiger partial charge on any atom is 0.0601 e. The Kier molecular flexibility index (Phi) is 2.94. The number of hydrogen-bond donors (Lipinski definition) is 1. The number of methoxy groups -OCH3 is 1. The molecule has 0 spiro atoms. The van der Waals surface area contributed by atoms with Crippen molar-refractivity contribution >= 4 is 0 Å². The summed E-state index contributed by atoms with van der Waals surface area (Å²) >= 11 is 0. The SMILES string of the molecule is COC1CC(N2CC(C3CC3)NCC2C)C1. The Labute approximate surface area is 98.5 Å². The van der Waals surface area contributed by atoms with Gasteiger partial charge in [0.05, 0.1) is 6.10 Å². The smallest absolute Gasteiger partial charge is 0.0601 e. The van der Waals surface area contributed by atoms with Gasteiger partial charge in [-0.05, 0) is 38.5 Å². The van der Waals surface area contributed by atoms with E-state index in [0.717, 1.165) is 18.0 Å². The average molecular weight is 224 g/mol. The summed E-state index contributed by atoms with van der Waals surface area (Å²) in [6.45, 7) is 4.80. The van der Waals surface area contributed by atoms with Crippen LogP contribution >= 0.6 is 0 Å². The molecular formula is C13H24N2O. The van der Waals surface area contributed by atoms with Gasteiger partial charge in [-0.1, -0.05) is 0 Å². The molecule has 92 valence electrons. The third-order valence-corrected chi connectivity index (χ3v) is 4.71. The molecule has 3 heteroatoms. The topological polar surface area (TPSA) is 24.5 Å². The lowest BCUT2D eigenvalue weighted by atomic mass is 9.85. The second-order valence-corrected chi connectivity index (χ2v) is 5.88. The predicted octanol–water partition coefficient (Wildman–Crippen LogP) is 1.24. The van der Waals surface area contributed by atoms with Gasteiger partial charge in [0.15, 0.2) is 0 Å². The van der Waals surface area contributed by atoms with Gasteiger partial charge >= 0.3 is 0 Å². The lowest BCUT2D eigenvalue weighted by Crippen LogP contribution is -2.62. The monoisotopic (exact) mass is 224 g/mol. The molecule has 1 aliphatic heterocycles. The van der Waals surface area contributed by atoms with Crippen LogP contribution < -0.4 is 5.32 Å². The van der Waals surface area contributed by atoms with Crippen molar-refractivity contribution in [3.8, 4) is 0 Å². The van der Waals surface area contributed by atoms with Crippen LogP contribution in [0.4, 0.5) is 0 Å². The number of rotatable bonds is 3. The molecule has 2 aliphatic carbocycles. The van der Waals surface area contributed by atoms with Crippen LogP contribution in [0.1, 0.15) is 32.6 Å². The molecule has 16 heavy (non-hydrogen) atoms. The lowest BCUT2D eigenvalue weighted by molar-refractivity contribution is -0.0502. The maximum absolute atomic E-state index is 5.39. The van der Waals surface area contributed by atoms with Crippen molar-refractivity contribution in [3.63, 3.8) is 0 Å². The highest BCUT2D eigenvalue weighted by Gasteiger charge is 2.41. The molecule has 3 aliphatic rings. The Morgan fingerprint density at radius 1 is 1.25 bits per heavy atom. The van der Waals surface area contributed by atoms with Gasteiger partial charge in [0.1, 0.15) is 0 Å². The highest BCUT2D eigenvalue weighted by atomic mass is 16.5. The van der Waals surface area contributed by atoms with Gasteiger partial charge in [-0.3, -0.25) is 4.90 Å². The largest absolute Gasteiger partial charge is 0.381 e. The Bertz CT molecular complexity index is 248. The maximum atomic E-state index is 5.39. The Balaban J connectivity index is 1.55. The molecule has 3 nitrogen and oxygen atoms in total. The fourth-order valence-electron chi connectivity index (χ4n) is 3.24. The van der Waals surface area contributed by atoms with Crippen molar-refractivity contribution in [2.24, 2.45) is 5.92 Å². The van der Waals surface area contributed by atoms with Gasteiger partial charge in [0.2, 0.25) is 0 Å². The van der Waals surface area contributed by atoms with Crippen LogP contribution in [-0.2, 0) is 4.74 Å². The molecule has 1 N–H and O–H groups in total. The number of nitrogens with zero attached hydrogens (tertiary/aromatic N) is 1. The van der Waals surface area contributed by atoms with E-state index < -0.39 is 0 Å². The minimum Gasteiger partial charge on any atom is -0.381 e. The first-order valence-corrected chi connectivity index (χ1v) is 6.80. The van der Waals surface area contributed by atoms with Crippen LogP contribution in [0.5, 0.6) is 0 Å². The van der Waals surface area contributed by atoms with Crippen molar-refractivity contribution in [3.05, 3.63) is 0 Å². The first-order valence-electron chi connectivity index (χ1n) is 6.80. The Hall–Kier alpha value is -0.120. The standard InChI is InChI=1S/C13H24N2O/c1-9-7-14-13(10-3-4-10)8-15(9)11-5-12(6-11)16-2/h9-14H,3-8H2,1-2H3. The van der Waals surface area contributed by atoms with Gasteiger partial charge < -0.3 is 10.1 Å². The molecular weight excluding hydrogens is 200 g/mol. The molecule has 0 radical (unpaired) electrons. The van der Waals surface area contributed by atoms with E-state index in [1.807, 2.05) is 7.11 Å². The van der Waals surface area contributed by atoms with Crippen molar-refractivity contribution < 1.29 is 4.74 Å². The van der Waals surface area contributed by atoms with Crippen molar-refractivity contribution in [1.82, 2.24) is 10.2 Å². The average Bonchev–Trinajstić information content (AvgIpc) is 3.02. The zero-order valence-electron chi connectivity index (χ0n) is 10.5. The van der Waals surface area contributed by atoms with E-state index in [1.165, 1.54) is 38.8 Å². The van der Waals surface area contributed by atoms with E-state index in [-0.39, 0.29) is 0 Å². The van der Waals surface area contributed by atoms with Crippen LogP contribution in [0.2, 0.25) is 0 Å². The quantitative estimate of drug-likeness (QED) is 0.780. The summed E-state index contributed by atoms with van der Waals surface area (Å²) in [6.07, 6.45) is 5.93. The second kappa shape index (κ2) is 4.28. The van der Waals surface area contributed by atoms with Crippen LogP contribution in [0.25, 0.3) is 0 Å². The fourth-order valence-corrected chi connectivity index (χ4v) is 3.24. The molecule has 2 atom stereocenters. The van der Waals surface area contributed by atoms with Gasteiger partial charge in [0.25, 0.3) is 0 Å². The summed E-state index contributed by atoms with van der Waals surface area (Å²) in [6, 6.07) is 2.28. The van der Waals surface area contributed by atoms with E-state index in [2.05, 4.69) is 17.1 Å². The summed E-state index contributed by atoms with van der Waals surface area (Å²) < 4.78 is 5.39. The zero-order valence-corrected chi connectivity index (χ0v) is 10.5. The molecule has 0 aromatic carbocycles. The van der Waals surface area contributed by atoms with E-state index in [9.17, 15) is 0 Å². The first-order chi connectivity index (χ1) is 7.78. The number of piperazine rings is 1. The van der Waals surface area contributed by atoms with Crippen LogP contribution in [0.15, 0.2) is 0 Å². The highest BCUT2D eigenvalue weighted by Crippen LogP contribution is 2.36. The molecule has 2 unspecified atom stereocenters. The molecule has 0 amide bonds. The summed E-state index contributed by atoms with van der Waals surface area (Å²) in [5, 5.41) is 3.72. The van der Waals surface area contributed by atoms with Gasteiger partial charge in [-0.15, -0.1) is 0 Å². The zero-order chi connectivity index (χ0) is 11.1. The number of ether oxygens (including phenoxy) is 1. The Morgan fingerprint density at radius 3 is 2.62 bits per heavy atom. The summed E-state index contributed by atoms with van der Waals surface area (Å²) in [7, 11) is 1.84. The fraction of sp³-hybridized carbons (Fsp3) is 1.00. The van der Waals surface area contributed by atoms with Crippen molar-refractivity contribution in [1.29, 1.82) is 0 Å². The van der Waals surface area contributed by atoms with E-state index in [1.54, 1.807) is 0 Å². The Morgan fingerprint density at radius 2 is 2.00 bits per heavy atom. The first kappa shape index (κ1) is 11.0. The van der Waals surface area contributed by atoms with E-state index in [0.29, 0.717) is 12.1 Å². The molecule has 1 heterocycles. The van der Waals surface area contributed by atoms with E-state index in [4.69, 9.17) is 4.74 Å². The van der Waals surface area contributed by atoms with Crippen LogP contribution in [0.3, 0.4) is 0 Å². The normalized spacial score (nSPS) is 45.4. The van der Waals surface area contributed by atoms with Crippen LogP contribution in [0, 0.1) is 5.92 Å². The lowest BCUT2D eigenvalue weighted by Gasteiger charge is -2.49. The molecule has 0 aromatic heterocycles. The molecule has 0 aromatic rings.